The van der Waals surface area contributed by atoms with Crippen LogP contribution in [0.4, 0.5) is 5.69 Å². The van der Waals surface area contributed by atoms with Crippen molar-refractivity contribution in [2.75, 3.05) is 5.32 Å². The molecular formula is C24H18Cl2N2O4. The molecule has 1 unspecified atom stereocenters. The van der Waals surface area contributed by atoms with E-state index in [9.17, 15) is 14.4 Å². The first-order chi connectivity index (χ1) is 15.4. The van der Waals surface area contributed by atoms with Crippen LogP contribution in [0, 0.1) is 0 Å². The van der Waals surface area contributed by atoms with Crippen LogP contribution in [0.15, 0.2) is 71.5 Å². The first kappa shape index (κ1) is 21.9. The number of aromatic nitrogens is 1. The molecule has 1 amide bonds. The van der Waals surface area contributed by atoms with Crippen LogP contribution in [0.1, 0.15) is 6.92 Å². The van der Waals surface area contributed by atoms with Gasteiger partial charge in [0.05, 0.1) is 26.8 Å². The van der Waals surface area contributed by atoms with Crippen molar-refractivity contribution in [1.29, 1.82) is 0 Å². The van der Waals surface area contributed by atoms with Crippen LogP contribution in [-0.2, 0) is 20.9 Å². The molecule has 0 aliphatic heterocycles. The third-order valence-corrected chi connectivity index (χ3v) is 5.87. The smallest absolute Gasteiger partial charge is 0.326 e. The highest BCUT2D eigenvalue weighted by Gasteiger charge is 2.21. The van der Waals surface area contributed by atoms with Gasteiger partial charge in [0, 0.05) is 10.8 Å². The molecule has 0 aliphatic carbocycles. The van der Waals surface area contributed by atoms with E-state index in [2.05, 4.69) is 5.32 Å². The third-order valence-electron chi connectivity index (χ3n) is 5.05. The molecular weight excluding hydrogens is 451 g/mol. The minimum absolute atomic E-state index is 0.105. The van der Waals surface area contributed by atoms with Crippen molar-refractivity contribution < 1.29 is 14.3 Å². The number of pyridine rings is 1. The number of halogens is 2. The molecule has 0 fully saturated rings. The number of nitrogens with one attached hydrogen (secondary N) is 1. The van der Waals surface area contributed by atoms with Gasteiger partial charge >= 0.3 is 5.97 Å². The summed E-state index contributed by atoms with van der Waals surface area (Å²) in [5, 5.41) is 4.11. The number of ether oxygens (including phenoxy) is 1. The summed E-state index contributed by atoms with van der Waals surface area (Å²) >= 11 is 12.1. The Kier molecular flexibility index (Phi) is 6.17. The first-order valence-corrected chi connectivity index (χ1v) is 10.6. The zero-order valence-electron chi connectivity index (χ0n) is 17.0. The Morgan fingerprint density at radius 2 is 1.53 bits per heavy atom. The first-order valence-electron chi connectivity index (χ1n) is 9.81. The molecule has 32 heavy (non-hydrogen) atoms. The summed E-state index contributed by atoms with van der Waals surface area (Å²) in [6, 6.07) is 19.0. The summed E-state index contributed by atoms with van der Waals surface area (Å²) in [6.45, 7) is 1.30. The van der Waals surface area contributed by atoms with E-state index in [0.29, 0.717) is 32.5 Å². The predicted molar refractivity (Wildman–Crippen MR) is 126 cm³/mol. The van der Waals surface area contributed by atoms with Gasteiger partial charge in [-0.15, -0.1) is 0 Å². The zero-order valence-corrected chi connectivity index (χ0v) is 18.5. The number of fused-ring (bicyclic) bond motifs is 2. The van der Waals surface area contributed by atoms with Gasteiger partial charge in [-0.1, -0.05) is 53.5 Å². The fraction of sp³-hybridized carbons (Fsp3) is 0.125. The number of amides is 1. The standard InChI is InChI=1S/C24H18Cl2N2O4/c1-14(24(31)27-18-10-6-9-17(25)22(18)26)32-21(29)13-28-19-11-4-2-7-15(19)23(30)16-8-3-5-12-20(16)28/h2-12,14H,13H2,1H3,(H,27,31). The largest absolute Gasteiger partial charge is 0.451 e. The van der Waals surface area contributed by atoms with Crippen LogP contribution < -0.4 is 10.7 Å². The van der Waals surface area contributed by atoms with E-state index in [1.165, 1.54) is 6.92 Å². The van der Waals surface area contributed by atoms with Gasteiger partial charge in [0.25, 0.3) is 5.91 Å². The lowest BCUT2D eigenvalue weighted by Gasteiger charge is -2.17. The maximum atomic E-state index is 12.8. The summed E-state index contributed by atoms with van der Waals surface area (Å²) in [5.41, 5.74) is 1.43. The molecule has 6 nitrogen and oxygen atoms in total. The van der Waals surface area contributed by atoms with Crippen LogP contribution >= 0.6 is 23.2 Å². The van der Waals surface area contributed by atoms with Gasteiger partial charge in [-0.3, -0.25) is 14.4 Å². The molecule has 0 bridgehead atoms. The van der Waals surface area contributed by atoms with Crippen molar-refractivity contribution >= 4 is 62.6 Å². The van der Waals surface area contributed by atoms with Gasteiger partial charge in [0.2, 0.25) is 0 Å². The molecule has 8 heteroatoms. The Morgan fingerprint density at radius 3 is 2.16 bits per heavy atom. The fourth-order valence-corrected chi connectivity index (χ4v) is 3.85. The summed E-state index contributed by atoms with van der Waals surface area (Å²) in [7, 11) is 0. The van der Waals surface area contributed by atoms with Crippen molar-refractivity contribution in [3.8, 4) is 0 Å². The van der Waals surface area contributed by atoms with Crippen molar-refractivity contribution in [2.45, 2.75) is 19.6 Å². The lowest BCUT2D eigenvalue weighted by molar-refractivity contribution is -0.153. The van der Waals surface area contributed by atoms with Crippen LogP contribution in [0.2, 0.25) is 10.0 Å². The van der Waals surface area contributed by atoms with Crippen molar-refractivity contribution in [3.63, 3.8) is 0 Å². The Labute approximate surface area is 193 Å². The van der Waals surface area contributed by atoms with Gasteiger partial charge in [0.15, 0.2) is 11.5 Å². The maximum absolute atomic E-state index is 12.8. The maximum Gasteiger partial charge on any atom is 0.326 e. The summed E-state index contributed by atoms with van der Waals surface area (Å²) in [4.78, 5) is 38.0. The number of hydrogen-bond acceptors (Lipinski definition) is 4. The van der Waals surface area contributed by atoms with E-state index >= 15 is 0 Å². The number of nitrogens with zero attached hydrogens (tertiary/aromatic N) is 1. The molecule has 0 spiro atoms. The zero-order chi connectivity index (χ0) is 22.8. The van der Waals surface area contributed by atoms with Crippen LogP contribution in [0.3, 0.4) is 0 Å². The van der Waals surface area contributed by atoms with Gasteiger partial charge in [0.1, 0.15) is 6.54 Å². The highest BCUT2D eigenvalue weighted by Crippen LogP contribution is 2.29. The molecule has 1 atom stereocenters. The number of hydrogen-bond donors (Lipinski definition) is 1. The molecule has 1 heterocycles. The highest BCUT2D eigenvalue weighted by atomic mass is 35.5. The summed E-state index contributed by atoms with van der Waals surface area (Å²) < 4.78 is 7.08. The minimum atomic E-state index is -1.07. The second kappa shape index (κ2) is 9.02. The van der Waals surface area contributed by atoms with E-state index in [-0.39, 0.29) is 17.0 Å². The third kappa shape index (κ3) is 4.20. The molecule has 3 aromatic carbocycles. The summed E-state index contributed by atoms with van der Waals surface area (Å²) in [5.74, 6) is -1.17. The average Bonchev–Trinajstić information content (AvgIpc) is 2.79. The van der Waals surface area contributed by atoms with Crippen molar-refractivity contribution in [2.24, 2.45) is 0 Å². The lowest BCUT2D eigenvalue weighted by atomic mass is 10.1. The van der Waals surface area contributed by atoms with Crippen molar-refractivity contribution in [3.05, 3.63) is 87.0 Å². The van der Waals surface area contributed by atoms with E-state index < -0.39 is 18.0 Å². The number of anilines is 1. The molecule has 4 aromatic rings. The molecule has 1 aromatic heterocycles. The summed E-state index contributed by atoms with van der Waals surface area (Å²) in [6.07, 6.45) is -1.07. The SMILES string of the molecule is CC(OC(=O)Cn1c2ccccc2c(=O)c2ccccc21)C(=O)Nc1cccc(Cl)c1Cl. The number of carbonyl (C=O) groups is 2. The van der Waals surface area contributed by atoms with Gasteiger partial charge in [-0.2, -0.15) is 0 Å². The molecule has 0 saturated heterocycles. The number of benzene rings is 3. The molecule has 0 radical (unpaired) electrons. The van der Waals surface area contributed by atoms with Gasteiger partial charge in [-0.05, 0) is 43.3 Å². The Hall–Kier alpha value is -3.35. The van der Waals surface area contributed by atoms with E-state index in [4.69, 9.17) is 27.9 Å². The second-order valence-electron chi connectivity index (χ2n) is 7.17. The topological polar surface area (TPSA) is 77.4 Å². The Bertz CT molecular complexity index is 1350. The lowest BCUT2D eigenvalue weighted by Crippen LogP contribution is -2.31. The Morgan fingerprint density at radius 1 is 0.938 bits per heavy atom. The second-order valence-corrected chi connectivity index (χ2v) is 7.96. The normalized spacial score (nSPS) is 12.0. The fourth-order valence-electron chi connectivity index (χ4n) is 3.50. The molecule has 4 rings (SSSR count). The van der Waals surface area contributed by atoms with E-state index in [1.807, 2.05) is 0 Å². The van der Waals surface area contributed by atoms with E-state index in [0.717, 1.165) is 0 Å². The van der Waals surface area contributed by atoms with Crippen molar-refractivity contribution in [1.82, 2.24) is 4.57 Å². The highest BCUT2D eigenvalue weighted by molar-refractivity contribution is 6.44. The molecule has 1 N–H and O–H groups in total. The number of carbonyl (C=O) groups excluding carboxylic acids is 2. The van der Waals surface area contributed by atoms with Crippen LogP contribution in [0.5, 0.6) is 0 Å². The Balaban J connectivity index is 1.57. The number of rotatable bonds is 5. The number of esters is 1. The van der Waals surface area contributed by atoms with Gasteiger partial charge in [-0.25, -0.2) is 0 Å². The molecule has 162 valence electrons. The minimum Gasteiger partial charge on any atom is -0.451 e. The molecule has 0 aliphatic rings. The monoisotopic (exact) mass is 468 g/mol. The van der Waals surface area contributed by atoms with Gasteiger partial charge < -0.3 is 14.6 Å². The molecule has 0 saturated carbocycles. The average molecular weight is 469 g/mol. The van der Waals surface area contributed by atoms with Crippen LogP contribution in [-0.4, -0.2) is 22.5 Å². The number of para-hydroxylation sites is 2. The van der Waals surface area contributed by atoms with E-state index in [1.54, 1.807) is 71.3 Å². The predicted octanol–water partition coefficient (Wildman–Crippen LogP) is 5.03. The van der Waals surface area contributed by atoms with Crippen LogP contribution in [0.25, 0.3) is 21.8 Å². The quantitative estimate of drug-likeness (QED) is 0.329.